The van der Waals surface area contributed by atoms with E-state index in [1.54, 1.807) is 0 Å². The lowest BCUT2D eigenvalue weighted by molar-refractivity contribution is -0.384. The average molecular weight is 571 g/mol. The zero-order valence-electron chi connectivity index (χ0n) is 19.7. The number of hydrogen-bond donors (Lipinski definition) is 4. The number of carbonyl (C=O) groups excluding carboxylic acids is 1. The van der Waals surface area contributed by atoms with Crippen molar-refractivity contribution in [1.29, 1.82) is 5.26 Å². The number of aromatic nitrogens is 1. The number of nitro groups is 1. The number of nitrogens with two attached hydrogens (primary N) is 1. The molecule has 1 amide bonds. The molecule has 1 atom stereocenters. The molecule has 0 saturated carbocycles. The number of aliphatic carboxylic acids is 1. The van der Waals surface area contributed by atoms with E-state index in [1.807, 2.05) is 6.07 Å². The van der Waals surface area contributed by atoms with Gasteiger partial charge in [-0.05, 0) is 29.8 Å². The number of allylic oxidation sites excluding steroid dienone is 1. The first kappa shape index (κ1) is 27.2. The first-order valence-electron chi connectivity index (χ1n) is 10.9. The van der Waals surface area contributed by atoms with Crippen LogP contribution < -0.4 is 20.5 Å². The van der Waals surface area contributed by atoms with Gasteiger partial charge in [0.25, 0.3) is 5.69 Å². The maximum atomic E-state index is 12.3. The third-order valence-corrected chi connectivity index (χ3v) is 7.37. The fraction of sp³-hybridized carbons (Fsp3) is 0.130. The van der Waals surface area contributed by atoms with Gasteiger partial charge in [0.05, 0.1) is 27.0 Å². The van der Waals surface area contributed by atoms with Crippen LogP contribution in [0.15, 0.2) is 64.9 Å². The molecule has 1 aliphatic rings. The van der Waals surface area contributed by atoms with Crippen LogP contribution in [0.5, 0.6) is 5.88 Å². The number of primary sulfonamides is 1. The number of ether oxygens (including phenoxy) is 1. The second kappa shape index (κ2) is 10.9. The van der Waals surface area contributed by atoms with Crippen LogP contribution in [0.2, 0.25) is 0 Å². The Morgan fingerprint density at radius 1 is 1.18 bits per heavy atom. The van der Waals surface area contributed by atoms with E-state index in [0.29, 0.717) is 21.3 Å². The molecular weight excluding hydrogens is 552 g/mol. The molecule has 200 valence electrons. The topological polar surface area (TPSA) is 228 Å². The summed E-state index contributed by atoms with van der Waals surface area (Å²) in [5, 5.41) is 40.8. The lowest BCUT2D eigenvalue weighted by atomic mass is 9.89. The number of anilines is 2. The smallest absolute Gasteiger partial charge is 0.303 e. The molecule has 39 heavy (non-hydrogen) atoms. The number of nitrogens with one attached hydrogen (secondary N) is 2. The molecule has 0 radical (unpaired) electrons. The van der Waals surface area contributed by atoms with Gasteiger partial charge in [-0.1, -0.05) is 23.5 Å². The molecule has 1 unspecified atom stereocenters. The summed E-state index contributed by atoms with van der Waals surface area (Å²) in [4.78, 5) is 38.5. The molecule has 0 bridgehead atoms. The van der Waals surface area contributed by atoms with Gasteiger partial charge >= 0.3 is 5.97 Å². The number of hydrogen-bond acceptors (Lipinski definition) is 11. The van der Waals surface area contributed by atoms with E-state index >= 15 is 0 Å². The highest BCUT2D eigenvalue weighted by Crippen LogP contribution is 2.47. The van der Waals surface area contributed by atoms with Crippen molar-refractivity contribution in [2.24, 2.45) is 5.14 Å². The highest BCUT2D eigenvalue weighted by Gasteiger charge is 2.36. The maximum absolute atomic E-state index is 12.3. The number of sulfonamides is 1. The summed E-state index contributed by atoms with van der Waals surface area (Å²) in [7, 11) is -3.88. The minimum absolute atomic E-state index is 0.0206. The van der Waals surface area contributed by atoms with E-state index < -0.39 is 39.2 Å². The van der Waals surface area contributed by atoms with Crippen molar-refractivity contribution in [3.05, 3.63) is 80.5 Å². The maximum Gasteiger partial charge on any atom is 0.303 e. The summed E-state index contributed by atoms with van der Waals surface area (Å²) in [5.74, 6) is -2.90. The Morgan fingerprint density at radius 3 is 2.41 bits per heavy atom. The molecule has 1 aliphatic heterocycles. The van der Waals surface area contributed by atoms with Crippen molar-refractivity contribution < 1.29 is 32.8 Å². The van der Waals surface area contributed by atoms with Crippen LogP contribution in [0.1, 0.15) is 29.2 Å². The van der Waals surface area contributed by atoms with Crippen LogP contribution in [0, 0.1) is 21.4 Å². The normalized spacial score (nSPS) is 14.5. The molecule has 0 spiro atoms. The second-order valence-electron chi connectivity index (χ2n) is 8.06. The zero-order valence-corrected chi connectivity index (χ0v) is 21.3. The van der Waals surface area contributed by atoms with E-state index in [9.17, 15) is 33.4 Å². The van der Waals surface area contributed by atoms with E-state index in [-0.39, 0.29) is 34.3 Å². The SMILES string of the molecule is N#CC1=C(NC(=O)CCC(=O)O)Oc2nc(Nc3ccc(S(N)(=O)=O)cc3)sc2C1c1ccc([N+](=O)[O-])cc1. The third-order valence-electron chi connectivity index (χ3n) is 5.43. The largest absolute Gasteiger partial charge is 0.481 e. The fourth-order valence-electron chi connectivity index (χ4n) is 3.62. The number of fused-ring (bicyclic) bond motifs is 1. The number of thiazole rings is 1. The van der Waals surface area contributed by atoms with Crippen molar-refractivity contribution in [3.8, 4) is 11.9 Å². The summed E-state index contributed by atoms with van der Waals surface area (Å²) >= 11 is 1.11. The van der Waals surface area contributed by atoms with Crippen molar-refractivity contribution in [3.63, 3.8) is 0 Å². The molecule has 3 aromatic rings. The number of carbonyl (C=O) groups is 2. The van der Waals surface area contributed by atoms with Crippen LogP contribution in [0.3, 0.4) is 0 Å². The van der Waals surface area contributed by atoms with Crippen LogP contribution in [-0.4, -0.2) is 35.3 Å². The van der Waals surface area contributed by atoms with Crippen molar-refractivity contribution >= 4 is 49.7 Å². The van der Waals surface area contributed by atoms with Gasteiger partial charge in [-0.25, -0.2) is 13.6 Å². The van der Waals surface area contributed by atoms with E-state index in [0.717, 1.165) is 11.3 Å². The van der Waals surface area contributed by atoms with Crippen LogP contribution in [-0.2, 0) is 19.6 Å². The van der Waals surface area contributed by atoms with Crippen molar-refractivity contribution in [2.75, 3.05) is 5.32 Å². The summed E-state index contributed by atoms with van der Waals surface area (Å²) in [6, 6.07) is 13.1. The monoisotopic (exact) mass is 570 g/mol. The number of nitriles is 1. The Hall–Kier alpha value is -4.85. The van der Waals surface area contributed by atoms with Crippen molar-refractivity contribution in [2.45, 2.75) is 23.7 Å². The van der Waals surface area contributed by atoms with Crippen molar-refractivity contribution in [1.82, 2.24) is 10.3 Å². The summed E-state index contributed by atoms with van der Waals surface area (Å²) in [5.41, 5.74) is 0.765. The molecule has 14 nitrogen and oxygen atoms in total. The van der Waals surface area contributed by atoms with Gasteiger partial charge in [-0.15, -0.1) is 0 Å². The molecule has 1 aromatic heterocycles. The van der Waals surface area contributed by atoms with Crippen LogP contribution in [0.25, 0.3) is 0 Å². The molecule has 2 heterocycles. The second-order valence-corrected chi connectivity index (χ2v) is 10.7. The lowest BCUT2D eigenvalue weighted by Gasteiger charge is -2.24. The molecular formula is C23H18N6O8S2. The van der Waals surface area contributed by atoms with E-state index in [2.05, 4.69) is 15.6 Å². The van der Waals surface area contributed by atoms with Gasteiger partial charge in [0.15, 0.2) is 5.13 Å². The number of carboxylic acids is 1. The van der Waals surface area contributed by atoms with Gasteiger partial charge in [-0.3, -0.25) is 25.0 Å². The minimum Gasteiger partial charge on any atom is -0.481 e. The summed E-state index contributed by atoms with van der Waals surface area (Å²) < 4.78 is 28.8. The van der Waals surface area contributed by atoms with Gasteiger partial charge < -0.3 is 15.2 Å². The number of non-ortho nitro benzene ring substituents is 1. The number of amides is 1. The minimum atomic E-state index is -3.88. The van der Waals surface area contributed by atoms with E-state index in [1.165, 1.54) is 48.5 Å². The first-order valence-corrected chi connectivity index (χ1v) is 13.3. The van der Waals surface area contributed by atoms with Gasteiger partial charge in [-0.2, -0.15) is 10.2 Å². The Morgan fingerprint density at radius 2 is 1.85 bits per heavy atom. The van der Waals surface area contributed by atoms with Gasteiger partial charge in [0, 0.05) is 24.2 Å². The highest BCUT2D eigenvalue weighted by molar-refractivity contribution is 7.89. The Balaban J connectivity index is 1.71. The number of nitro benzene ring substituents is 1. The Labute approximate surface area is 224 Å². The van der Waals surface area contributed by atoms with Crippen LogP contribution >= 0.6 is 11.3 Å². The number of benzene rings is 2. The fourth-order valence-corrected chi connectivity index (χ4v) is 5.18. The molecule has 4 rings (SSSR count). The quantitative estimate of drug-likeness (QED) is 0.216. The molecule has 0 aliphatic carbocycles. The molecule has 0 saturated heterocycles. The first-order chi connectivity index (χ1) is 18.5. The highest BCUT2D eigenvalue weighted by atomic mass is 32.2. The summed E-state index contributed by atoms with van der Waals surface area (Å²) in [6.07, 6.45) is -0.804. The average Bonchev–Trinajstić information content (AvgIpc) is 3.28. The van der Waals surface area contributed by atoms with Gasteiger partial charge in [0.1, 0.15) is 11.6 Å². The molecule has 0 fully saturated rings. The summed E-state index contributed by atoms with van der Waals surface area (Å²) in [6.45, 7) is 0. The third kappa shape index (κ3) is 6.18. The Bertz CT molecular complexity index is 1640. The number of nitrogens with zero attached hydrogens (tertiary/aromatic N) is 3. The van der Waals surface area contributed by atoms with E-state index in [4.69, 9.17) is 15.0 Å². The predicted octanol–water partition coefficient (Wildman–Crippen LogP) is 2.68. The van der Waals surface area contributed by atoms with Gasteiger partial charge in [0.2, 0.25) is 27.7 Å². The molecule has 2 aromatic carbocycles. The Kier molecular flexibility index (Phi) is 7.58. The van der Waals surface area contributed by atoms with Crippen LogP contribution in [0.4, 0.5) is 16.5 Å². The predicted molar refractivity (Wildman–Crippen MR) is 136 cm³/mol. The zero-order chi connectivity index (χ0) is 28.3. The standard InChI is InChI=1S/C23H18N6O8S2/c24-11-16-19(12-1-5-14(6-2-12)29(33)34)20-22(37-21(16)27-17(30)9-10-18(31)32)28-23(38-20)26-13-3-7-15(8-4-13)39(25,35)36/h1-8,19H,9-10H2,(H,26,28)(H,27,30)(H,31,32)(H2,25,35,36). The lowest BCUT2D eigenvalue weighted by Crippen LogP contribution is -2.30. The molecule has 5 N–H and O–H groups in total. The number of rotatable bonds is 9. The molecule has 16 heteroatoms. The number of carboxylic acid groups (broad SMARTS) is 1.